The molecule has 0 aliphatic rings. The minimum Gasteiger partial charge on any atom is -0.303 e. The number of hydrogen-bond acceptors (Lipinski definition) is 3. The third kappa shape index (κ3) is 4.88. The number of aromatic nitrogens is 1. The Balaban J connectivity index is 2.79. The summed E-state index contributed by atoms with van der Waals surface area (Å²) in [5.74, 6) is 0. The monoisotopic (exact) mass is 282 g/mol. The maximum atomic E-state index is 4.79. The summed E-state index contributed by atoms with van der Waals surface area (Å²) >= 11 is 1.85. The first-order chi connectivity index (χ1) is 8.89. The van der Waals surface area contributed by atoms with Gasteiger partial charge in [-0.1, -0.05) is 32.6 Å². The molecular weight excluding hydrogens is 252 g/mol. The molecule has 110 valence electrons. The zero-order valence-electron chi connectivity index (χ0n) is 13.5. The van der Waals surface area contributed by atoms with Crippen LogP contribution in [0.25, 0.3) is 0 Å². The first kappa shape index (κ1) is 16.6. The summed E-state index contributed by atoms with van der Waals surface area (Å²) < 4.78 is 0. The van der Waals surface area contributed by atoms with Crippen LogP contribution in [0, 0.1) is 13.8 Å². The average molecular weight is 282 g/mol. The molecule has 0 aromatic carbocycles. The van der Waals surface area contributed by atoms with E-state index >= 15 is 0 Å². The maximum absolute atomic E-state index is 4.79. The smallest absolute Gasteiger partial charge is 0.113 e. The molecule has 1 N–H and O–H groups in total. The maximum Gasteiger partial charge on any atom is 0.113 e. The Morgan fingerprint density at radius 1 is 1.21 bits per heavy atom. The molecule has 1 aromatic heterocycles. The minimum atomic E-state index is 0.0333. The summed E-state index contributed by atoms with van der Waals surface area (Å²) in [5.41, 5.74) is 1.22. The Kier molecular flexibility index (Phi) is 6.48. The molecule has 1 aromatic rings. The molecule has 0 bridgehead atoms. The predicted octanol–water partition coefficient (Wildman–Crippen LogP) is 4.94. The van der Waals surface area contributed by atoms with E-state index in [9.17, 15) is 0 Å². The molecule has 1 heterocycles. The van der Waals surface area contributed by atoms with Crippen molar-refractivity contribution in [3.63, 3.8) is 0 Å². The largest absolute Gasteiger partial charge is 0.303 e. The number of thiazole rings is 1. The molecule has 1 rings (SSSR count). The van der Waals surface area contributed by atoms with Gasteiger partial charge < -0.3 is 5.32 Å². The van der Waals surface area contributed by atoms with E-state index in [2.05, 4.69) is 46.9 Å². The molecule has 0 fully saturated rings. The molecule has 19 heavy (non-hydrogen) atoms. The molecule has 1 atom stereocenters. The van der Waals surface area contributed by atoms with Crippen LogP contribution in [0.2, 0.25) is 0 Å². The zero-order valence-corrected chi connectivity index (χ0v) is 14.3. The van der Waals surface area contributed by atoms with Gasteiger partial charge in [-0.25, -0.2) is 4.98 Å². The van der Waals surface area contributed by atoms with Gasteiger partial charge in [0.2, 0.25) is 0 Å². The van der Waals surface area contributed by atoms with Gasteiger partial charge in [0.15, 0.2) is 0 Å². The Morgan fingerprint density at radius 2 is 1.89 bits per heavy atom. The van der Waals surface area contributed by atoms with Crippen LogP contribution >= 0.6 is 11.3 Å². The summed E-state index contributed by atoms with van der Waals surface area (Å²) in [7, 11) is 0. The number of unbranched alkanes of at least 4 members (excludes halogenated alkanes) is 3. The van der Waals surface area contributed by atoms with Crippen LogP contribution in [0.3, 0.4) is 0 Å². The molecule has 0 aliphatic carbocycles. The van der Waals surface area contributed by atoms with E-state index in [1.807, 2.05) is 11.3 Å². The number of nitrogens with one attached hydrogen (secondary N) is 1. The lowest BCUT2D eigenvalue weighted by Crippen LogP contribution is -2.43. The van der Waals surface area contributed by atoms with Gasteiger partial charge >= 0.3 is 0 Å². The van der Waals surface area contributed by atoms with Crippen LogP contribution in [-0.4, -0.2) is 11.0 Å². The van der Waals surface area contributed by atoms with E-state index in [1.54, 1.807) is 0 Å². The van der Waals surface area contributed by atoms with Crippen molar-refractivity contribution in [1.29, 1.82) is 0 Å². The van der Waals surface area contributed by atoms with E-state index in [4.69, 9.17) is 4.98 Å². The normalized spacial score (nSPS) is 14.9. The van der Waals surface area contributed by atoms with Crippen molar-refractivity contribution < 1.29 is 0 Å². The SMILES string of the molecule is CCCCCCC(C)(NC(C)C)c1nc(C)c(C)s1. The highest BCUT2D eigenvalue weighted by Crippen LogP contribution is 2.32. The molecule has 0 saturated heterocycles. The van der Waals surface area contributed by atoms with E-state index in [1.165, 1.54) is 47.7 Å². The van der Waals surface area contributed by atoms with Crippen molar-refractivity contribution in [3.05, 3.63) is 15.6 Å². The van der Waals surface area contributed by atoms with Gasteiger partial charge in [-0.05, 0) is 41.0 Å². The third-order valence-corrected chi connectivity index (χ3v) is 4.97. The Hall–Kier alpha value is -0.410. The molecule has 3 heteroatoms. The van der Waals surface area contributed by atoms with Crippen LogP contribution < -0.4 is 5.32 Å². The molecule has 0 saturated carbocycles. The highest BCUT2D eigenvalue weighted by Gasteiger charge is 2.30. The van der Waals surface area contributed by atoms with Crippen molar-refractivity contribution in [2.24, 2.45) is 0 Å². The molecule has 0 radical (unpaired) electrons. The fourth-order valence-electron chi connectivity index (χ4n) is 2.49. The van der Waals surface area contributed by atoms with Gasteiger partial charge in [0.05, 0.1) is 11.2 Å². The first-order valence-electron chi connectivity index (χ1n) is 7.61. The third-order valence-electron chi connectivity index (χ3n) is 3.64. The first-order valence-corrected chi connectivity index (χ1v) is 8.43. The van der Waals surface area contributed by atoms with Gasteiger partial charge in [-0.2, -0.15) is 0 Å². The number of nitrogens with zero attached hydrogens (tertiary/aromatic N) is 1. The molecule has 0 amide bonds. The van der Waals surface area contributed by atoms with Gasteiger partial charge in [-0.15, -0.1) is 11.3 Å². The van der Waals surface area contributed by atoms with Crippen LogP contribution in [-0.2, 0) is 5.54 Å². The van der Waals surface area contributed by atoms with Crippen molar-refractivity contribution in [2.75, 3.05) is 0 Å². The minimum absolute atomic E-state index is 0.0333. The van der Waals surface area contributed by atoms with Crippen LogP contribution in [0.5, 0.6) is 0 Å². The van der Waals surface area contributed by atoms with Gasteiger partial charge in [0.1, 0.15) is 5.01 Å². The summed E-state index contributed by atoms with van der Waals surface area (Å²) in [6.07, 6.45) is 6.42. The average Bonchev–Trinajstić information content (AvgIpc) is 2.65. The number of rotatable bonds is 8. The van der Waals surface area contributed by atoms with Crippen LogP contribution in [0.4, 0.5) is 0 Å². The summed E-state index contributed by atoms with van der Waals surface area (Å²) in [6.45, 7) is 13.3. The van der Waals surface area contributed by atoms with E-state index < -0.39 is 0 Å². The van der Waals surface area contributed by atoms with E-state index in [0.29, 0.717) is 6.04 Å². The fraction of sp³-hybridized carbons (Fsp3) is 0.812. The standard InChI is InChI=1S/C16H30N2S/c1-7-8-9-10-11-16(6,18-12(2)3)15-17-13(4)14(5)19-15/h12,18H,7-11H2,1-6H3. The topological polar surface area (TPSA) is 24.9 Å². The molecule has 0 aliphatic heterocycles. The van der Waals surface area contributed by atoms with E-state index in [-0.39, 0.29) is 5.54 Å². The lowest BCUT2D eigenvalue weighted by Gasteiger charge is -2.31. The number of aryl methyl sites for hydroxylation is 2. The lowest BCUT2D eigenvalue weighted by atomic mass is 9.93. The Labute approximate surface area is 123 Å². The van der Waals surface area contributed by atoms with Crippen molar-refractivity contribution in [3.8, 4) is 0 Å². The van der Waals surface area contributed by atoms with Gasteiger partial charge in [0, 0.05) is 10.9 Å². The Morgan fingerprint density at radius 3 is 2.37 bits per heavy atom. The Bertz CT molecular complexity index is 365. The summed E-state index contributed by atoms with van der Waals surface area (Å²) in [6, 6.07) is 0.487. The van der Waals surface area contributed by atoms with Gasteiger partial charge in [-0.3, -0.25) is 0 Å². The number of hydrogen-bond donors (Lipinski definition) is 1. The van der Waals surface area contributed by atoms with Crippen LogP contribution in [0.15, 0.2) is 0 Å². The predicted molar refractivity (Wildman–Crippen MR) is 86.0 cm³/mol. The second-order valence-electron chi connectivity index (χ2n) is 6.10. The van der Waals surface area contributed by atoms with Crippen molar-refractivity contribution >= 4 is 11.3 Å². The highest BCUT2D eigenvalue weighted by atomic mass is 32.1. The quantitative estimate of drug-likeness (QED) is 0.683. The van der Waals surface area contributed by atoms with E-state index in [0.717, 1.165) is 0 Å². The molecular formula is C16H30N2S. The van der Waals surface area contributed by atoms with Crippen molar-refractivity contribution in [2.45, 2.75) is 85.2 Å². The van der Waals surface area contributed by atoms with Crippen LogP contribution in [0.1, 0.15) is 75.4 Å². The highest BCUT2D eigenvalue weighted by molar-refractivity contribution is 7.11. The summed E-state index contributed by atoms with van der Waals surface area (Å²) in [4.78, 5) is 6.14. The summed E-state index contributed by atoms with van der Waals surface area (Å²) in [5, 5.41) is 5.00. The molecule has 1 unspecified atom stereocenters. The zero-order chi connectivity index (χ0) is 14.5. The van der Waals surface area contributed by atoms with Crippen molar-refractivity contribution in [1.82, 2.24) is 10.3 Å². The lowest BCUT2D eigenvalue weighted by molar-refractivity contribution is 0.299. The molecule has 2 nitrogen and oxygen atoms in total. The fourth-order valence-corrected chi connectivity index (χ4v) is 3.54. The molecule has 0 spiro atoms. The second-order valence-corrected chi connectivity index (χ2v) is 7.31. The second kappa shape index (κ2) is 7.39. The van der Waals surface area contributed by atoms with Gasteiger partial charge in [0.25, 0.3) is 0 Å².